The molecule has 130 valence electrons. The van der Waals surface area contributed by atoms with E-state index in [0.29, 0.717) is 5.69 Å². The molecule has 1 N–H and O–H groups in total. The number of fused-ring (bicyclic) bond motifs is 1. The fourth-order valence-corrected chi connectivity index (χ4v) is 9.52. The van der Waals surface area contributed by atoms with Gasteiger partial charge in [-0.05, 0) is 30.4 Å². The number of carbonyl (C=O) groups is 1. The molecule has 3 unspecified atom stereocenters. The summed E-state index contributed by atoms with van der Waals surface area (Å²) in [6, 6.07) is 5.94. The molecule has 0 heterocycles. The van der Waals surface area contributed by atoms with Crippen LogP contribution in [-0.2, 0) is 4.79 Å². The molecule has 5 nitrogen and oxygen atoms in total. The largest absolute Gasteiger partial charge is 0.326 e. The van der Waals surface area contributed by atoms with E-state index in [1.165, 1.54) is 12.1 Å². The molecule has 0 saturated heterocycles. The van der Waals surface area contributed by atoms with Crippen molar-refractivity contribution < 1.29 is 9.72 Å². The van der Waals surface area contributed by atoms with Crippen molar-refractivity contribution in [2.45, 2.75) is 35.3 Å². The molecule has 0 aliphatic heterocycles. The van der Waals surface area contributed by atoms with Crippen molar-refractivity contribution in [1.82, 2.24) is 0 Å². The highest BCUT2D eigenvalue weighted by Gasteiger charge is 2.83. The van der Waals surface area contributed by atoms with Gasteiger partial charge < -0.3 is 5.32 Å². The van der Waals surface area contributed by atoms with Crippen molar-refractivity contribution in [1.29, 1.82) is 0 Å². The number of alkyl halides is 3. The minimum atomic E-state index is -0.492. The van der Waals surface area contributed by atoms with Crippen molar-refractivity contribution in [2.75, 3.05) is 5.32 Å². The van der Waals surface area contributed by atoms with Crippen LogP contribution in [0.3, 0.4) is 0 Å². The Kier molecular flexibility index (Phi) is 4.41. The first-order valence-corrected chi connectivity index (χ1v) is 10.3. The van der Waals surface area contributed by atoms with Crippen LogP contribution < -0.4 is 5.32 Å². The van der Waals surface area contributed by atoms with Gasteiger partial charge in [0.05, 0.1) is 14.1 Å². The van der Waals surface area contributed by atoms with E-state index < -0.39 is 10.3 Å². The van der Waals surface area contributed by atoms with Gasteiger partial charge in [-0.1, -0.05) is 61.6 Å². The van der Waals surface area contributed by atoms with Crippen LogP contribution in [0.2, 0.25) is 0 Å². The first-order chi connectivity index (χ1) is 11.1. The minimum Gasteiger partial charge on any atom is -0.326 e. The molecule has 1 aromatic carbocycles. The summed E-state index contributed by atoms with van der Waals surface area (Å²) in [5, 5.41) is 13.7. The van der Waals surface area contributed by atoms with Gasteiger partial charge in [0.25, 0.3) is 5.69 Å². The number of rotatable bonds is 4. The fourth-order valence-electron chi connectivity index (χ4n) is 4.61. The van der Waals surface area contributed by atoms with Gasteiger partial charge in [-0.2, -0.15) is 0 Å². The number of non-ortho nitro benzene ring substituents is 1. The topological polar surface area (TPSA) is 72.2 Å². The molecule has 3 atom stereocenters. The Bertz CT molecular complexity index is 707. The zero-order valence-electron chi connectivity index (χ0n) is 13.2. The number of hydrogen-bond acceptors (Lipinski definition) is 3. The molecular weight excluding hydrogens is 508 g/mol. The number of hydrogen-bond donors (Lipinski definition) is 1. The van der Waals surface area contributed by atoms with Crippen molar-refractivity contribution >= 4 is 65.1 Å². The maximum Gasteiger partial charge on any atom is 0.269 e. The number of anilines is 1. The molecule has 0 aromatic heterocycles. The van der Waals surface area contributed by atoms with Crippen molar-refractivity contribution in [3.8, 4) is 0 Å². The lowest BCUT2D eigenvalue weighted by Crippen LogP contribution is -2.71. The number of carbonyl (C=O) groups excluding carboxylic acids is 1. The quantitative estimate of drug-likeness (QED) is 0.333. The molecule has 1 amide bonds. The summed E-state index contributed by atoms with van der Waals surface area (Å²) in [6.07, 6.45) is 1.76. The Morgan fingerprint density at radius 2 is 1.88 bits per heavy atom. The average Bonchev–Trinajstić information content (AvgIpc) is 2.97. The van der Waals surface area contributed by atoms with Crippen LogP contribution in [0, 0.1) is 26.4 Å². The highest BCUT2D eigenvalue weighted by atomic mass is 79.9. The molecule has 4 rings (SSSR count). The predicted molar refractivity (Wildman–Crippen MR) is 104 cm³/mol. The van der Waals surface area contributed by atoms with Crippen molar-refractivity contribution in [3.05, 3.63) is 34.4 Å². The molecule has 3 aliphatic rings. The van der Waals surface area contributed by atoms with Gasteiger partial charge in [0.2, 0.25) is 5.91 Å². The Balaban J connectivity index is 1.85. The third kappa shape index (κ3) is 2.05. The molecule has 1 aromatic rings. The van der Waals surface area contributed by atoms with Crippen LogP contribution in [0.4, 0.5) is 11.4 Å². The van der Waals surface area contributed by atoms with Gasteiger partial charge >= 0.3 is 0 Å². The highest BCUT2D eigenvalue weighted by Crippen LogP contribution is 2.82. The Hall–Kier alpha value is -0.470. The molecule has 8 heteroatoms. The first kappa shape index (κ1) is 18.3. The Morgan fingerprint density at radius 3 is 2.29 bits per heavy atom. The molecule has 3 aliphatic carbocycles. The van der Waals surface area contributed by atoms with Crippen LogP contribution in [0.25, 0.3) is 0 Å². The maximum absolute atomic E-state index is 13.1. The molecule has 0 spiro atoms. The summed E-state index contributed by atoms with van der Waals surface area (Å²) in [7, 11) is 0. The van der Waals surface area contributed by atoms with Crippen LogP contribution in [-0.4, -0.2) is 19.4 Å². The SMILES string of the molecule is CC1(C)C2(C(=O)Nc3ccc([N+](=O)[O-])cc3)CCC1(C(Br)Br)C2Br. The molecule has 0 radical (unpaired) electrons. The third-order valence-electron chi connectivity index (χ3n) is 6.23. The van der Waals surface area contributed by atoms with Gasteiger partial charge in [-0.15, -0.1) is 0 Å². The smallest absolute Gasteiger partial charge is 0.269 e. The lowest BCUT2D eigenvalue weighted by atomic mass is 9.43. The average molecular weight is 525 g/mol. The highest BCUT2D eigenvalue weighted by molar-refractivity contribution is 9.24. The van der Waals surface area contributed by atoms with E-state index in [2.05, 4.69) is 67.0 Å². The number of nitro benzene ring substituents is 1. The summed E-state index contributed by atoms with van der Waals surface area (Å²) in [4.78, 5) is 23.4. The van der Waals surface area contributed by atoms with Crippen LogP contribution in [0.5, 0.6) is 0 Å². The number of amides is 1. The summed E-state index contributed by atoms with van der Waals surface area (Å²) < 4.78 is 0.125. The van der Waals surface area contributed by atoms with Gasteiger partial charge in [0.15, 0.2) is 0 Å². The van der Waals surface area contributed by atoms with Crippen LogP contribution in [0.1, 0.15) is 26.7 Å². The number of nitrogens with one attached hydrogen (secondary N) is 1. The second-order valence-electron chi connectivity index (χ2n) is 7.06. The molecule has 24 heavy (non-hydrogen) atoms. The third-order valence-corrected chi connectivity index (χ3v) is 9.46. The van der Waals surface area contributed by atoms with Gasteiger partial charge in [-0.25, -0.2) is 0 Å². The van der Waals surface area contributed by atoms with Gasteiger partial charge in [-0.3, -0.25) is 14.9 Å². The van der Waals surface area contributed by atoms with E-state index in [1.807, 2.05) is 0 Å². The summed E-state index contributed by atoms with van der Waals surface area (Å²) in [5.74, 6) is -0.0306. The van der Waals surface area contributed by atoms with E-state index in [4.69, 9.17) is 0 Å². The predicted octanol–water partition coefficient (Wildman–Crippen LogP) is 5.22. The lowest BCUT2D eigenvalue weighted by Gasteiger charge is -2.66. The lowest BCUT2D eigenvalue weighted by molar-refractivity contribution is -0.384. The number of nitrogens with zero attached hydrogens (tertiary/aromatic N) is 1. The minimum absolute atomic E-state index is 0.00908. The standard InChI is InChI=1S/C16H17Br3N2O3/c1-14(2)15(12(18)19)7-8-16(14,11(15)17)13(22)20-9-3-5-10(6-4-9)21(23)24/h3-6,11-12H,7-8H2,1-2H3,(H,20,22). The number of nitro groups is 1. The van der Waals surface area contributed by atoms with Crippen molar-refractivity contribution in [3.63, 3.8) is 0 Å². The molecule has 3 fully saturated rings. The van der Waals surface area contributed by atoms with E-state index in [1.54, 1.807) is 12.1 Å². The van der Waals surface area contributed by atoms with Crippen LogP contribution in [0.15, 0.2) is 24.3 Å². The second-order valence-corrected chi connectivity index (χ2v) is 11.0. The molecule has 3 saturated carbocycles. The zero-order chi connectivity index (χ0) is 17.9. The van der Waals surface area contributed by atoms with Gasteiger partial charge in [0.1, 0.15) is 0 Å². The van der Waals surface area contributed by atoms with E-state index in [-0.39, 0.29) is 31.0 Å². The fraction of sp³-hybridized carbons (Fsp3) is 0.562. The van der Waals surface area contributed by atoms with Crippen LogP contribution >= 0.6 is 47.8 Å². The van der Waals surface area contributed by atoms with E-state index >= 15 is 0 Å². The normalized spacial score (nSPS) is 33.2. The Labute approximate surface area is 165 Å². The second kappa shape index (κ2) is 5.77. The molecule has 2 bridgehead atoms. The number of benzene rings is 1. The van der Waals surface area contributed by atoms with E-state index in [0.717, 1.165) is 12.8 Å². The number of halogens is 3. The summed E-state index contributed by atoms with van der Waals surface area (Å²) in [6.45, 7) is 4.28. The first-order valence-electron chi connectivity index (χ1n) is 7.59. The zero-order valence-corrected chi connectivity index (χ0v) is 17.9. The molecular formula is C16H17Br3N2O3. The maximum atomic E-state index is 13.1. The summed E-state index contributed by atoms with van der Waals surface area (Å²) in [5.41, 5.74) is -0.116. The van der Waals surface area contributed by atoms with Crippen molar-refractivity contribution in [2.24, 2.45) is 16.2 Å². The Morgan fingerprint density at radius 1 is 1.29 bits per heavy atom. The van der Waals surface area contributed by atoms with E-state index in [9.17, 15) is 14.9 Å². The monoisotopic (exact) mass is 522 g/mol. The summed E-state index contributed by atoms with van der Waals surface area (Å²) >= 11 is 11.1. The van der Waals surface area contributed by atoms with Gasteiger partial charge in [0, 0.05) is 28.1 Å².